The highest BCUT2D eigenvalue weighted by molar-refractivity contribution is 7.12. The summed E-state index contributed by atoms with van der Waals surface area (Å²) in [5.74, 6) is 1.20. The highest BCUT2D eigenvalue weighted by atomic mass is 32.1. The highest BCUT2D eigenvalue weighted by Crippen LogP contribution is 2.45. The molecule has 4 nitrogen and oxygen atoms in total. The molecule has 1 aromatic heterocycles. The van der Waals surface area contributed by atoms with E-state index in [1.807, 2.05) is 24.3 Å². The average molecular weight is 417 g/mol. The number of fused-ring (bicyclic) bond motifs is 1. The molecule has 0 bridgehead atoms. The zero-order valence-corrected chi connectivity index (χ0v) is 17.9. The van der Waals surface area contributed by atoms with E-state index in [0.29, 0.717) is 6.42 Å². The lowest BCUT2D eigenvalue weighted by Crippen LogP contribution is -2.26. The first-order valence-corrected chi connectivity index (χ1v) is 11.0. The molecule has 3 aromatic rings. The van der Waals surface area contributed by atoms with Gasteiger partial charge in [-0.2, -0.15) is 0 Å². The van der Waals surface area contributed by atoms with Gasteiger partial charge in [-0.05, 0) is 61.2 Å². The highest BCUT2D eigenvalue weighted by Gasteiger charge is 2.36. The molecule has 5 heteroatoms. The first-order valence-electron chi connectivity index (χ1n) is 10.2. The van der Waals surface area contributed by atoms with Crippen LogP contribution in [0.3, 0.4) is 0 Å². The lowest BCUT2D eigenvalue weighted by atomic mass is 9.79. The van der Waals surface area contributed by atoms with Crippen molar-refractivity contribution in [2.75, 3.05) is 17.7 Å². The van der Waals surface area contributed by atoms with Gasteiger partial charge in [0.25, 0.3) is 0 Å². The number of aryl methyl sites for hydroxylation is 1. The minimum Gasteiger partial charge on any atom is -0.497 e. The van der Waals surface area contributed by atoms with E-state index >= 15 is 0 Å². The third-order valence-electron chi connectivity index (χ3n) is 5.94. The summed E-state index contributed by atoms with van der Waals surface area (Å²) in [6.45, 7) is 2.11. The maximum atomic E-state index is 13.5. The quantitative estimate of drug-likeness (QED) is 0.546. The molecule has 0 amide bonds. The number of nitrogens with one attached hydrogen (secondary N) is 2. The number of para-hydroxylation sites is 2. The number of anilines is 2. The number of methoxy groups -OCH3 is 1. The van der Waals surface area contributed by atoms with Crippen LogP contribution in [0.4, 0.5) is 11.4 Å². The Balaban J connectivity index is 1.57. The van der Waals surface area contributed by atoms with Crippen molar-refractivity contribution in [3.63, 3.8) is 0 Å². The summed E-state index contributed by atoms with van der Waals surface area (Å²) in [6.07, 6.45) is 1.33. The molecule has 2 heterocycles. The number of hydrogen-bond acceptors (Lipinski definition) is 5. The summed E-state index contributed by atoms with van der Waals surface area (Å²) >= 11 is 1.75. The Morgan fingerprint density at radius 2 is 1.73 bits per heavy atom. The van der Waals surface area contributed by atoms with Crippen molar-refractivity contribution in [3.8, 4) is 5.75 Å². The fourth-order valence-electron chi connectivity index (χ4n) is 4.43. The zero-order valence-electron chi connectivity index (χ0n) is 17.1. The van der Waals surface area contributed by atoms with Crippen molar-refractivity contribution in [1.29, 1.82) is 0 Å². The van der Waals surface area contributed by atoms with Gasteiger partial charge in [0.1, 0.15) is 5.75 Å². The molecule has 30 heavy (non-hydrogen) atoms. The first-order chi connectivity index (χ1) is 14.6. The van der Waals surface area contributed by atoms with Crippen molar-refractivity contribution in [1.82, 2.24) is 0 Å². The molecule has 0 spiro atoms. The number of hydrogen-bond donors (Lipinski definition) is 2. The second-order valence-corrected chi connectivity index (χ2v) is 9.21. The van der Waals surface area contributed by atoms with Crippen LogP contribution < -0.4 is 15.4 Å². The second-order valence-electron chi connectivity index (χ2n) is 7.89. The number of ether oxygens (including phenoxy) is 1. The predicted octanol–water partition coefficient (Wildman–Crippen LogP) is 6.04. The Morgan fingerprint density at radius 1 is 0.967 bits per heavy atom. The number of allylic oxidation sites excluding steroid dienone is 1. The Labute approximate surface area is 180 Å². The molecule has 1 aliphatic carbocycles. The van der Waals surface area contributed by atoms with Gasteiger partial charge in [0.15, 0.2) is 5.78 Å². The van der Waals surface area contributed by atoms with Crippen LogP contribution in [-0.2, 0) is 4.79 Å². The normalized spacial score (nSPS) is 20.5. The van der Waals surface area contributed by atoms with Crippen LogP contribution in [-0.4, -0.2) is 12.9 Å². The molecule has 152 valence electrons. The lowest BCUT2D eigenvalue weighted by molar-refractivity contribution is -0.116. The van der Waals surface area contributed by atoms with Gasteiger partial charge in [0.05, 0.1) is 24.5 Å². The van der Waals surface area contributed by atoms with Crippen LogP contribution in [0.2, 0.25) is 0 Å². The van der Waals surface area contributed by atoms with Gasteiger partial charge >= 0.3 is 0 Å². The van der Waals surface area contributed by atoms with Gasteiger partial charge in [-0.25, -0.2) is 0 Å². The molecule has 2 atom stereocenters. The van der Waals surface area contributed by atoms with Crippen molar-refractivity contribution >= 4 is 28.5 Å². The number of thiophene rings is 1. The molecule has 0 radical (unpaired) electrons. The Kier molecular flexibility index (Phi) is 4.83. The monoisotopic (exact) mass is 416 g/mol. The molecule has 0 saturated carbocycles. The molecular formula is C25H24N2O2S. The van der Waals surface area contributed by atoms with Crippen LogP contribution in [0.1, 0.15) is 40.1 Å². The maximum Gasteiger partial charge on any atom is 0.163 e. The van der Waals surface area contributed by atoms with Crippen LogP contribution >= 0.6 is 11.3 Å². The van der Waals surface area contributed by atoms with Gasteiger partial charge in [0, 0.05) is 27.4 Å². The number of Topliss-reactive ketones (excluding diaryl/α,β-unsaturated/α-hetero) is 1. The first kappa shape index (κ1) is 18.9. The molecule has 0 fully saturated rings. The average Bonchev–Trinajstić information content (AvgIpc) is 3.11. The van der Waals surface area contributed by atoms with E-state index < -0.39 is 0 Å². The van der Waals surface area contributed by atoms with E-state index in [1.165, 1.54) is 15.3 Å². The lowest BCUT2D eigenvalue weighted by Gasteiger charge is -2.29. The van der Waals surface area contributed by atoms with Gasteiger partial charge < -0.3 is 15.4 Å². The molecule has 2 aliphatic rings. The molecule has 2 N–H and O–H groups in total. The summed E-state index contributed by atoms with van der Waals surface area (Å²) in [5.41, 5.74) is 5.12. The molecule has 2 aromatic carbocycles. The fourth-order valence-corrected chi connectivity index (χ4v) is 5.36. The number of rotatable bonds is 3. The summed E-state index contributed by atoms with van der Waals surface area (Å²) in [6, 6.07) is 20.4. The largest absolute Gasteiger partial charge is 0.497 e. The summed E-state index contributed by atoms with van der Waals surface area (Å²) < 4.78 is 5.29. The van der Waals surface area contributed by atoms with E-state index in [1.54, 1.807) is 18.4 Å². The zero-order chi connectivity index (χ0) is 20.7. The van der Waals surface area contributed by atoms with Gasteiger partial charge in [-0.3, -0.25) is 4.79 Å². The van der Waals surface area contributed by atoms with E-state index in [-0.39, 0.29) is 17.7 Å². The summed E-state index contributed by atoms with van der Waals surface area (Å²) in [4.78, 5) is 15.9. The van der Waals surface area contributed by atoms with Crippen molar-refractivity contribution in [2.45, 2.75) is 31.7 Å². The van der Waals surface area contributed by atoms with E-state index in [9.17, 15) is 4.79 Å². The van der Waals surface area contributed by atoms with Crippen LogP contribution in [0.15, 0.2) is 71.9 Å². The maximum absolute atomic E-state index is 13.5. The smallest absolute Gasteiger partial charge is 0.163 e. The van der Waals surface area contributed by atoms with E-state index in [2.05, 4.69) is 54.0 Å². The Morgan fingerprint density at radius 3 is 2.43 bits per heavy atom. The minimum absolute atomic E-state index is 0.126. The number of carbonyl (C=O) groups excluding carboxylic acids is 1. The molecule has 0 saturated heterocycles. The summed E-state index contributed by atoms with van der Waals surface area (Å²) in [7, 11) is 1.67. The third kappa shape index (κ3) is 3.39. The van der Waals surface area contributed by atoms with Crippen molar-refractivity contribution < 1.29 is 9.53 Å². The van der Waals surface area contributed by atoms with Crippen molar-refractivity contribution in [3.05, 3.63) is 87.3 Å². The number of benzene rings is 2. The predicted molar refractivity (Wildman–Crippen MR) is 122 cm³/mol. The second kappa shape index (κ2) is 7.65. The standard InChI is InChI=1S/C25H24N2O2S/c1-15-7-12-23(30-15)25-24-21(26-19-5-3-4-6-20(19)27-25)13-17(14-22(24)28)16-8-10-18(29-2)11-9-16/h3-12,17,25-27H,13-14H2,1-2H3/t17-,25+/m0/s1. The molecule has 5 rings (SSSR count). The minimum atomic E-state index is -0.126. The van der Waals surface area contributed by atoms with Crippen LogP contribution in [0.25, 0.3) is 0 Å². The molecule has 0 unspecified atom stereocenters. The SMILES string of the molecule is COc1ccc([C@@H]2CC(=O)C3=C(C2)Nc2ccccc2N[C@@H]3c2ccc(C)s2)cc1. The third-order valence-corrected chi connectivity index (χ3v) is 7.01. The van der Waals surface area contributed by atoms with Crippen molar-refractivity contribution in [2.24, 2.45) is 0 Å². The number of ketones is 1. The van der Waals surface area contributed by atoms with E-state index in [0.717, 1.165) is 34.8 Å². The van der Waals surface area contributed by atoms with Crippen LogP contribution in [0, 0.1) is 6.92 Å². The van der Waals surface area contributed by atoms with E-state index in [4.69, 9.17) is 4.74 Å². The van der Waals surface area contributed by atoms with Gasteiger partial charge in [0.2, 0.25) is 0 Å². The Bertz CT molecular complexity index is 1130. The van der Waals surface area contributed by atoms with Gasteiger partial charge in [-0.1, -0.05) is 24.3 Å². The van der Waals surface area contributed by atoms with Crippen LogP contribution in [0.5, 0.6) is 5.75 Å². The number of carbonyl (C=O) groups is 1. The topological polar surface area (TPSA) is 50.4 Å². The Hall–Kier alpha value is -3.05. The summed E-state index contributed by atoms with van der Waals surface area (Å²) in [5, 5.41) is 7.24. The molecule has 1 aliphatic heterocycles. The van der Waals surface area contributed by atoms with Gasteiger partial charge in [-0.15, -0.1) is 11.3 Å². The fraction of sp³-hybridized carbons (Fsp3) is 0.240. The molecular weight excluding hydrogens is 392 g/mol.